The summed E-state index contributed by atoms with van der Waals surface area (Å²) in [6.07, 6.45) is 0. The Kier molecular flexibility index (Phi) is 8.08. The number of benzene rings is 2. The van der Waals surface area contributed by atoms with E-state index in [0.29, 0.717) is 54.9 Å². The predicted molar refractivity (Wildman–Crippen MR) is 134 cm³/mol. The van der Waals surface area contributed by atoms with Gasteiger partial charge < -0.3 is 9.30 Å². The van der Waals surface area contributed by atoms with E-state index in [-0.39, 0.29) is 23.5 Å². The van der Waals surface area contributed by atoms with Crippen LogP contribution in [0.3, 0.4) is 0 Å². The Morgan fingerprint density at radius 1 is 0.972 bits per heavy atom. The van der Waals surface area contributed by atoms with Crippen LogP contribution in [0.2, 0.25) is 0 Å². The molecular formula is C24H25N5O6S. The molecule has 188 valence electrons. The monoisotopic (exact) mass is 511 g/mol. The zero-order chi connectivity index (χ0) is 25.7. The number of hydrogen-bond donors (Lipinski definition) is 0. The first kappa shape index (κ1) is 25.5. The van der Waals surface area contributed by atoms with Crippen LogP contribution in [0, 0.1) is 27.2 Å². The number of non-ortho nitro benzene ring substituents is 2. The van der Waals surface area contributed by atoms with Gasteiger partial charge in [-0.2, -0.15) is 4.98 Å². The van der Waals surface area contributed by atoms with Crippen molar-refractivity contribution < 1.29 is 14.6 Å². The molecule has 0 atom stereocenters. The summed E-state index contributed by atoms with van der Waals surface area (Å²) in [6.45, 7) is 5.21. The van der Waals surface area contributed by atoms with Gasteiger partial charge in [0.05, 0.1) is 35.2 Å². The first-order valence-corrected chi connectivity index (χ1v) is 12.3. The third-order valence-electron chi connectivity index (χ3n) is 5.96. The van der Waals surface area contributed by atoms with Crippen molar-refractivity contribution in [2.75, 3.05) is 26.3 Å². The van der Waals surface area contributed by atoms with E-state index in [0.717, 1.165) is 11.3 Å². The van der Waals surface area contributed by atoms with Crippen LogP contribution in [0.15, 0.2) is 58.5 Å². The topological polar surface area (TPSA) is 134 Å². The Morgan fingerprint density at radius 2 is 1.58 bits per heavy atom. The molecule has 0 saturated carbocycles. The zero-order valence-corrected chi connectivity index (χ0v) is 20.5. The molecule has 12 heteroatoms. The van der Waals surface area contributed by atoms with E-state index in [4.69, 9.17) is 4.74 Å². The van der Waals surface area contributed by atoms with E-state index in [1.165, 1.54) is 36.0 Å². The summed E-state index contributed by atoms with van der Waals surface area (Å²) in [7, 11) is 0. The van der Waals surface area contributed by atoms with Gasteiger partial charge >= 0.3 is 0 Å². The predicted octanol–water partition coefficient (Wildman–Crippen LogP) is 3.54. The van der Waals surface area contributed by atoms with Crippen LogP contribution in [-0.4, -0.2) is 50.6 Å². The van der Waals surface area contributed by atoms with Gasteiger partial charge in [-0.15, -0.1) is 0 Å². The average molecular weight is 512 g/mol. The molecular weight excluding hydrogens is 486 g/mol. The lowest BCUT2D eigenvalue weighted by Gasteiger charge is -2.27. The van der Waals surface area contributed by atoms with Crippen LogP contribution in [0.25, 0.3) is 0 Å². The summed E-state index contributed by atoms with van der Waals surface area (Å²) in [5, 5.41) is 22.8. The molecule has 0 spiro atoms. The number of rotatable bonds is 9. The van der Waals surface area contributed by atoms with Crippen molar-refractivity contribution in [1.29, 1.82) is 0 Å². The lowest BCUT2D eigenvalue weighted by molar-refractivity contribution is -0.385. The maximum atomic E-state index is 13.1. The number of hydrogen-bond acceptors (Lipinski definition) is 9. The number of aromatic nitrogens is 2. The maximum absolute atomic E-state index is 13.1. The fraction of sp³-hybridized carbons (Fsp3) is 0.333. The Bertz CT molecular complexity index is 1340. The van der Waals surface area contributed by atoms with Gasteiger partial charge in [0.15, 0.2) is 5.16 Å². The summed E-state index contributed by atoms with van der Waals surface area (Å²) in [5.41, 5.74) is 2.38. The molecule has 1 aromatic heterocycles. The van der Waals surface area contributed by atoms with Crippen molar-refractivity contribution in [3.05, 3.63) is 101 Å². The summed E-state index contributed by atoms with van der Waals surface area (Å²) in [5.74, 6) is 0.366. The molecule has 1 fully saturated rings. The SMILES string of the molecule is Cc1c(CN2CCOCC2)c(=O)nc(SCc2cccc([N+](=O)[O-])c2)n1Cc1cccc([N+](=O)[O-])c1. The molecule has 4 rings (SSSR count). The zero-order valence-electron chi connectivity index (χ0n) is 19.7. The standard InChI is InChI=1S/C24H25N5O6S/c1-17-22(15-26-8-10-35-11-9-26)23(30)25-24(36-16-19-5-3-7-21(13-19)29(33)34)27(17)14-18-4-2-6-20(12-18)28(31)32/h2-7,12-13H,8-11,14-16H2,1H3. The highest BCUT2D eigenvalue weighted by Gasteiger charge is 2.20. The van der Waals surface area contributed by atoms with Crippen molar-refractivity contribution in [2.45, 2.75) is 30.9 Å². The first-order valence-electron chi connectivity index (χ1n) is 11.3. The normalized spacial score (nSPS) is 14.0. The highest BCUT2D eigenvalue weighted by molar-refractivity contribution is 7.98. The van der Waals surface area contributed by atoms with Gasteiger partial charge in [-0.25, -0.2) is 0 Å². The Morgan fingerprint density at radius 3 is 2.22 bits per heavy atom. The van der Waals surface area contributed by atoms with Gasteiger partial charge in [-0.3, -0.25) is 29.9 Å². The summed E-state index contributed by atoms with van der Waals surface area (Å²) >= 11 is 1.30. The van der Waals surface area contributed by atoms with Crippen molar-refractivity contribution in [3.8, 4) is 0 Å². The lowest BCUT2D eigenvalue weighted by Crippen LogP contribution is -2.38. The third-order valence-corrected chi connectivity index (χ3v) is 7.01. The minimum absolute atomic E-state index is 0.00733. The number of nitrogens with zero attached hydrogens (tertiary/aromatic N) is 5. The molecule has 0 radical (unpaired) electrons. The van der Waals surface area contributed by atoms with Crippen LogP contribution < -0.4 is 5.56 Å². The highest BCUT2D eigenvalue weighted by Crippen LogP contribution is 2.26. The van der Waals surface area contributed by atoms with E-state index in [1.54, 1.807) is 24.3 Å². The molecule has 3 aromatic rings. The van der Waals surface area contributed by atoms with Gasteiger partial charge in [0.1, 0.15) is 0 Å². The molecule has 0 N–H and O–H groups in total. The van der Waals surface area contributed by atoms with Gasteiger partial charge in [0.2, 0.25) is 0 Å². The highest BCUT2D eigenvalue weighted by atomic mass is 32.2. The smallest absolute Gasteiger partial charge is 0.278 e. The molecule has 1 aliphatic heterocycles. The summed E-state index contributed by atoms with van der Waals surface area (Å²) in [4.78, 5) is 41.1. The van der Waals surface area contributed by atoms with E-state index in [1.807, 2.05) is 11.5 Å². The number of ether oxygens (including phenoxy) is 1. The number of nitro groups is 2. The van der Waals surface area contributed by atoms with Crippen molar-refractivity contribution in [2.24, 2.45) is 0 Å². The van der Waals surface area contributed by atoms with Crippen molar-refractivity contribution >= 4 is 23.1 Å². The Labute approximate surface area is 211 Å². The first-order chi connectivity index (χ1) is 17.3. The quantitative estimate of drug-likeness (QED) is 0.183. The van der Waals surface area contributed by atoms with Crippen LogP contribution >= 0.6 is 11.8 Å². The summed E-state index contributed by atoms with van der Waals surface area (Å²) in [6, 6.07) is 12.7. The van der Waals surface area contributed by atoms with Gasteiger partial charge in [-0.1, -0.05) is 36.0 Å². The molecule has 0 bridgehead atoms. The van der Waals surface area contributed by atoms with Gasteiger partial charge in [0.25, 0.3) is 16.9 Å². The van der Waals surface area contributed by atoms with Crippen molar-refractivity contribution in [3.63, 3.8) is 0 Å². The van der Waals surface area contributed by atoms with E-state index >= 15 is 0 Å². The van der Waals surface area contributed by atoms with Crippen LogP contribution in [0.1, 0.15) is 22.4 Å². The second-order valence-corrected chi connectivity index (χ2v) is 9.32. The lowest BCUT2D eigenvalue weighted by atomic mass is 10.1. The number of morpholine rings is 1. The second kappa shape index (κ2) is 11.4. The molecule has 1 aliphatic rings. The van der Waals surface area contributed by atoms with Gasteiger partial charge in [-0.05, 0) is 18.1 Å². The Balaban J connectivity index is 1.68. The fourth-order valence-electron chi connectivity index (χ4n) is 4.00. The van der Waals surface area contributed by atoms with Crippen LogP contribution in [-0.2, 0) is 23.6 Å². The molecule has 2 aromatic carbocycles. The van der Waals surface area contributed by atoms with Crippen LogP contribution in [0.4, 0.5) is 11.4 Å². The Hall–Kier alpha value is -3.61. The van der Waals surface area contributed by atoms with E-state index in [2.05, 4.69) is 9.88 Å². The van der Waals surface area contributed by atoms with Crippen LogP contribution in [0.5, 0.6) is 0 Å². The van der Waals surface area contributed by atoms with Crippen molar-refractivity contribution in [1.82, 2.24) is 14.5 Å². The third kappa shape index (κ3) is 6.14. The molecule has 2 heterocycles. The minimum Gasteiger partial charge on any atom is -0.379 e. The average Bonchev–Trinajstić information content (AvgIpc) is 2.88. The molecule has 11 nitrogen and oxygen atoms in total. The molecule has 0 unspecified atom stereocenters. The number of thioether (sulfide) groups is 1. The van der Waals surface area contributed by atoms with Gasteiger partial charge in [0, 0.05) is 55.3 Å². The maximum Gasteiger partial charge on any atom is 0.278 e. The number of nitro benzene ring substituents is 2. The van der Waals surface area contributed by atoms with E-state index in [9.17, 15) is 25.0 Å². The minimum atomic E-state index is -0.449. The van der Waals surface area contributed by atoms with E-state index < -0.39 is 9.85 Å². The molecule has 0 amide bonds. The molecule has 1 saturated heterocycles. The fourth-order valence-corrected chi connectivity index (χ4v) is 4.98. The second-order valence-electron chi connectivity index (χ2n) is 8.38. The summed E-state index contributed by atoms with van der Waals surface area (Å²) < 4.78 is 7.29. The largest absolute Gasteiger partial charge is 0.379 e. The molecule has 0 aliphatic carbocycles. The molecule has 36 heavy (non-hydrogen) atoms.